The molecule has 21 heavy (non-hydrogen) atoms. The molecule has 0 heterocycles. The first-order chi connectivity index (χ1) is 10.0. The number of hydrogen-bond donors (Lipinski definition) is 3. The predicted molar refractivity (Wildman–Crippen MR) is 80.0 cm³/mol. The minimum Gasteiger partial charge on any atom is -0.481 e. The molecule has 1 rings (SSSR count). The molecule has 0 aliphatic heterocycles. The number of rotatable bonds is 8. The van der Waals surface area contributed by atoms with E-state index in [-0.39, 0.29) is 24.7 Å². The molecule has 6 heteroatoms. The van der Waals surface area contributed by atoms with Crippen LogP contribution in [0.1, 0.15) is 25.7 Å². The molecule has 0 radical (unpaired) electrons. The quantitative estimate of drug-likeness (QED) is 0.506. The third-order valence-electron chi connectivity index (χ3n) is 2.67. The molecule has 1 aromatic carbocycles. The van der Waals surface area contributed by atoms with Gasteiger partial charge in [0.2, 0.25) is 11.8 Å². The van der Waals surface area contributed by atoms with Crippen molar-refractivity contribution in [1.29, 1.82) is 0 Å². The first-order valence-electron chi connectivity index (χ1n) is 6.56. The molecule has 1 aromatic rings. The normalized spacial score (nSPS) is 9.71. The van der Waals surface area contributed by atoms with Crippen LogP contribution in [0.3, 0.4) is 0 Å². The maximum absolute atomic E-state index is 11.6. The second-order valence-corrected chi connectivity index (χ2v) is 4.42. The van der Waals surface area contributed by atoms with E-state index >= 15 is 0 Å². The molecule has 0 bridgehead atoms. The zero-order chi connectivity index (χ0) is 15.7. The van der Waals surface area contributed by atoms with E-state index in [1.165, 1.54) is 6.08 Å². The lowest BCUT2D eigenvalue weighted by atomic mass is 10.2. The zero-order valence-electron chi connectivity index (χ0n) is 11.6. The van der Waals surface area contributed by atoms with Gasteiger partial charge in [0.25, 0.3) is 0 Å². The van der Waals surface area contributed by atoms with Crippen molar-refractivity contribution in [2.45, 2.75) is 25.7 Å². The highest BCUT2D eigenvalue weighted by Crippen LogP contribution is 2.14. The van der Waals surface area contributed by atoms with Crippen molar-refractivity contribution in [1.82, 2.24) is 0 Å². The number of hydrogen-bond acceptors (Lipinski definition) is 3. The van der Waals surface area contributed by atoms with Crippen LogP contribution in [0.4, 0.5) is 11.4 Å². The molecule has 0 saturated heterocycles. The molecular formula is C15H18N2O4. The summed E-state index contributed by atoms with van der Waals surface area (Å²) in [6.45, 7) is 3.35. The minimum absolute atomic E-state index is 0.0744. The van der Waals surface area contributed by atoms with E-state index in [0.717, 1.165) is 0 Å². The lowest BCUT2D eigenvalue weighted by Crippen LogP contribution is -2.11. The molecule has 6 nitrogen and oxygen atoms in total. The molecule has 0 aliphatic rings. The van der Waals surface area contributed by atoms with Crippen LogP contribution in [-0.2, 0) is 14.4 Å². The predicted octanol–water partition coefficient (Wildman–Crippen LogP) is 2.39. The Bertz CT molecular complexity index is 523. The summed E-state index contributed by atoms with van der Waals surface area (Å²) >= 11 is 0. The SMILES string of the molecule is C=CC(=O)Nc1ccc(NC(=O)CCCCC(=O)O)cc1. The number of anilines is 2. The van der Waals surface area contributed by atoms with Gasteiger partial charge in [-0.2, -0.15) is 0 Å². The minimum atomic E-state index is -0.854. The van der Waals surface area contributed by atoms with Crippen LogP contribution in [0.25, 0.3) is 0 Å². The summed E-state index contributed by atoms with van der Waals surface area (Å²) in [5, 5.41) is 13.8. The fraction of sp³-hybridized carbons (Fsp3) is 0.267. The second kappa shape index (κ2) is 8.52. The standard InChI is InChI=1S/C15H18N2O4/c1-2-13(18)16-11-7-9-12(10-8-11)17-14(19)5-3-4-6-15(20)21/h2,7-10H,1,3-6H2,(H,16,18)(H,17,19)(H,20,21). The first-order valence-corrected chi connectivity index (χ1v) is 6.56. The van der Waals surface area contributed by atoms with Crippen LogP contribution >= 0.6 is 0 Å². The van der Waals surface area contributed by atoms with Crippen molar-refractivity contribution in [3.8, 4) is 0 Å². The molecule has 112 valence electrons. The van der Waals surface area contributed by atoms with Gasteiger partial charge in [0, 0.05) is 24.2 Å². The summed E-state index contributed by atoms with van der Waals surface area (Å²) in [6, 6.07) is 6.69. The summed E-state index contributed by atoms with van der Waals surface area (Å²) in [5.41, 5.74) is 1.23. The fourth-order valence-electron chi connectivity index (χ4n) is 1.62. The van der Waals surface area contributed by atoms with Gasteiger partial charge in [0.15, 0.2) is 0 Å². The van der Waals surface area contributed by atoms with E-state index in [2.05, 4.69) is 17.2 Å². The number of unbranched alkanes of at least 4 members (excludes halogenated alkanes) is 1. The number of amides is 2. The molecule has 2 amide bonds. The molecule has 0 spiro atoms. The lowest BCUT2D eigenvalue weighted by molar-refractivity contribution is -0.137. The van der Waals surface area contributed by atoms with E-state index in [1.54, 1.807) is 24.3 Å². The Morgan fingerprint density at radius 2 is 1.52 bits per heavy atom. The van der Waals surface area contributed by atoms with Gasteiger partial charge >= 0.3 is 5.97 Å². The van der Waals surface area contributed by atoms with Gasteiger partial charge in [-0.3, -0.25) is 14.4 Å². The van der Waals surface area contributed by atoms with Gasteiger partial charge in [-0.05, 0) is 43.2 Å². The van der Waals surface area contributed by atoms with E-state index in [0.29, 0.717) is 24.2 Å². The number of carboxylic acids is 1. The summed E-state index contributed by atoms with van der Waals surface area (Å²) in [6.07, 6.45) is 2.54. The highest BCUT2D eigenvalue weighted by molar-refractivity contribution is 5.99. The van der Waals surface area contributed by atoms with Crippen LogP contribution in [0, 0.1) is 0 Å². The molecule has 3 N–H and O–H groups in total. The van der Waals surface area contributed by atoms with Crippen LogP contribution in [0.5, 0.6) is 0 Å². The van der Waals surface area contributed by atoms with Crippen molar-refractivity contribution in [3.63, 3.8) is 0 Å². The van der Waals surface area contributed by atoms with Crippen molar-refractivity contribution >= 4 is 29.2 Å². The number of carboxylic acid groups (broad SMARTS) is 1. The number of aliphatic carboxylic acids is 1. The molecule has 0 fully saturated rings. The third kappa shape index (κ3) is 6.91. The Morgan fingerprint density at radius 3 is 2.05 bits per heavy atom. The molecule has 0 atom stereocenters. The summed E-state index contributed by atoms with van der Waals surface area (Å²) in [5.74, 6) is -1.32. The highest BCUT2D eigenvalue weighted by Gasteiger charge is 2.04. The number of carbonyl (C=O) groups is 3. The lowest BCUT2D eigenvalue weighted by Gasteiger charge is -2.07. The van der Waals surface area contributed by atoms with Crippen LogP contribution in [-0.4, -0.2) is 22.9 Å². The number of nitrogens with one attached hydrogen (secondary N) is 2. The maximum atomic E-state index is 11.6. The van der Waals surface area contributed by atoms with Crippen molar-refractivity contribution in [2.75, 3.05) is 10.6 Å². The molecule has 0 aromatic heterocycles. The van der Waals surface area contributed by atoms with E-state index in [9.17, 15) is 14.4 Å². The zero-order valence-corrected chi connectivity index (χ0v) is 11.6. The van der Waals surface area contributed by atoms with Crippen LogP contribution < -0.4 is 10.6 Å². The monoisotopic (exact) mass is 290 g/mol. The summed E-state index contributed by atoms with van der Waals surface area (Å²) in [7, 11) is 0. The first kappa shape index (κ1) is 16.4. The molecular weight excluding hydrogens is 272 g/mol. The molecule has 0 saturated carbocycles. The number of benzene rings is 1. The Morgan fingerprint density at radius 1 is 1.00 bits per heavy atom. The third-order valence-corrected chi connectivity index (χ3v) is 2.67. The van der Waals surface area contributed by atoms with Crippen LogP contribution in [0.2, 0.25) is 0 Å². The Kier molecular flexibility index (Phi) is 6.67. The summed E-state index contributed by atoms with van der Waals surface area (Å²) in [4.78, 5) is 33.1. The van der Waals surface area contributed by atoms with Gasteiger partial charge in [0.05, 0.1) is 0 Å². The van der Waals surface area contributed by atoms with Gasteiger partial charge in [0.1, 0.15) is 0 Å². The average Bonchev–Trinajstić information content (AvgIpc) is 2.45. The van der Waals surface area contributed by atoms with Gasteiger partial charge in [-0.25, -0.2) is 0 Å². The van der Waals surface area contributed by atoms with Gasteiger partial charge in [-0.15, -0.1) is 0 Å². The van der Waals surface area contributed by atoms with Crippen molar-refractivity contribution in [2.24, 2.45) is 0 Å². The van der Waals surface area contributed by atoms with Crippen molar-refractivity contribution < 1.29 is 19.5 Å². The summed E-state index contributed by atoms with van der Waals surface area (Å²) < 4.78 is 0. The van der Waals surface area contributed by atoms with Crippen molar-refractivity contribution in [3.05, 3.63) is 36.9 Å². The highest BCUT2D eigenvalue weighted by atomic mass is 16.4. The Labute approximate surface area is 122 Å². The largest absolute Gasteiger partial charge is 0.481 e. The Balaban J connectivity index is 2.37. The Hall–Kier alpha value is -2.63. The van der Waals surface area contributed by atoms with E-state index in [4.69, 9.17) is 5.11 Å². The average molecular weight is 290 g/mol. The smallest absolute Gasteiger partial charge is 0.303 e. The molecule has 0 unspecified atom stereocenters. The fourth-order valence-corrected chi connectivity index (χ4v) is 1.62. The second-order valence-electron chi connectivity index (χ2n) is 4.42. The van der Waals surface area contributed by atoms with Crippen LogP contribution in [0.15, 0.2) is 36.9 Å². The maximum Gasteiger partial charge on any atom is 0.303 e. The van der Waals surface area contributed by atoms with E-state index in [1.807, 2.05) is 0 Å². The number of carbonyl (C=O) groups excluding carboxylic acids is 2. The van der Waals surface area contributed by atoms with E-state index < -0.39 is 5.97 Å². The van der Waals surface area contributed by atoms with Gasteiger partial charge < -0.3 is 15.7 Å². The van der Waals surface area contributed by atoms with Gasteiger partial charge in [-0.1, -0.05) is 6.58 Å². The molecule has 0 aliphatic carbocycles. The topological polar surface area (TPSA) is 95.5 Å².